The minimum Gasteiger partial charge on any atom is -0.493 e. The lowest BCUT2D eigenvalue weighted by Crippen LogP contribution is -2.24. The molecule has 0 aliphatic carbocycles. The third kappa shape index (κ3) is 4.33. The fourth-order valence-corrected chi connectivity index (χ4v) is 1.60. The van der Waals surface area contributed by atoms with E-state index in [1.807, 2.05) is 0 Å². The lowest BCUT2D eigenvalue weighted by Gasteiger charge is -2.10. The molecule has 0 bridgehead atoms. The summed E-state index contributed by atoms with van der Waals surface area (Å²) in [5, 5.41) is 14.1. The van der Waals surface area contributed by atoms with E-state index in [0.717, 1.165) is 13.0 Å². The zero-order valence-electron chi connectivity index (χ0n) is 11.1. The number of hydrogen-bond donors (Lipinski definition) is 1. The molecule has 0 atom stereocenters. The summed E-state index contributed by atoms with van der Waals surface area (Å²) in [6.07, 6.45) is 0.875. The number of ether oxygens (including phenoxy) is 1. The molecular weight excluding hydrogens is 232 g/mol. The summed E-state index contributed by atoms with van der Waals surface area (Å²) in [6.45, 7) is 7.32. The van der Waals surface area contributed by atoms with E-state index in [0.29, 0.717) is 24.0 Å². The van der Waals surface area contributed by atoms with Gasteiger partial charge < -0.3 is 10.1 Å². The third-order valence-electron chi connectivity index (χ3n) is 2.58. The lowest BCUT2D eigenvalue weighted by molar-refractivity contribution is -0.385. The van der Waals surface area contributed by atoms with Gasteiger partial charge in [-0.1, -0.05) is 19.9 Å². The maximum absolute atomic E-state index is 10.8. The highest BCUT2D eigenvalue weighted by Gasteiger charge is 2.13. The lowest BCUT2D eigenvalue weighted by atomic mass is 10.2. The Morgan fingerprint density at radius 1 is 1.44 bits per heavy atom. The summed E-state index contributed by atoms with van der Waals surface area (Å²) < 4.78 is 5.56. The Balaban J connectivity index is 2.48. The Morgan fingerprint density at radius 3 is 2.78 bits per heavy atom. The highest BCUT2D eigenvalue weighted by molar-refractivity contribution is 5.48. The number of rotatable bonds is 7. The second-order valence-electron chi connectivity index (χ2n) is 4.47. The Hall–Kier alpha value is -1.62. The molecular formula is C13H20N2O3. The van der Waals surface area contributed by atoms with E-state index in [2.05, 4.69) is 19.2 Å². The SMILES string of the molecule is Cc1c(OCCCNC(C)C)cccc1[N+](=O)[O-]. The van der Waals surface area contributed by atoms with E-state index in [1.54, 1.807) is 19.1 Å². The predicted octanol–water partition coefficient (Wildman–Crippen LogP) is 2.67. The van der Waals surface area contributed by atoms with Crippen LogP contribution in [0.25, 0.3) is 0 Å². The molecule has 0 radical (unpaired) electrons. The molecule has 1 N–H and O–H groups in total. The number of benzene rings is 1. The second kappa shape index (κ2) is 6.96. The molecule has 0 unspecified atom stereocenters. The molecule has 18 heavy (non-hydrogen) atoms. The van der Waals surface area contributed by atoms with E-state index in [4.69, 9.17) is 4.74 Å². The zero-order valence-corrected chi connectivity index (χ0v) is 11.1. The number of nitro groups is 1. The van der Waals surface area contributed by atoms with Crippen LogP contribution in [-0.4, -0.2) is 24.1 Å². The van der Waals surface area contributed by atoms with Gasteiger partial charge in [0, 0.05) is 12.1 Å². The Morgan fingerprint density at radius 2 is 2.17 bits per heavy atom. The summed E-state index contributed by atoms with van der Waals surface area (Å²) in [5.74, 6) is 0.591. The molecule has 1 rings (SSSR count). The standard InChI is InChI=1S/C13H20N2O3/c1-10(2)14-8-5-9-18-13-7-4-6-12(11(13)3)15(16)17/h4,6-7,10,14H,5,8-9H2,1-3H3. The highest BCUT2D eigenvalue weighted by Crippen LogP contribution is 2.26. The van der Waals surface area contributed by atoms with E-state index in [1.165, 1.54) is 6.07 Å². The van der Waals surface area contributed by atoms with Gasteiger partial charge in [0.2, 0.25) is 0 Å². The van der Waals surface area contributed by atoms with Crippen LogP contribution in [0.3, 0.4) is 0 Å². The van der Waals surface area contributed by atoms with Gasteiger partial charge >= 0.3 is 0 Å². The molecule has 0 saturated carbocycles. The van der Waals surface area contributed by atoms with Crippen molar-refractivity contribution in [2.24, 2.45) is 0 Å². The van der Waals surface area contributed by atoms with Crippen LogP contribution in [-0.2, 0) is 0 Å². The third-order valence-corrected chi connectivity index (χ3v) is 2.58. The van der Waals surface area contributed by atoms with Gasteiger partial charge in [0.05, 0.1) is 17.1 Å². The van der Waals surface area contributed by atoms with Crippen molar-refractivity contribution in [3.8, 4) is 5.75 Å². The first-order valence-electron chi connectivity index (χ1n) is 6.12. The van der Waals surface area contributed by atoms with Crippen molar-refractivity contribution in [3.05, 3.63) is 33.9 Å². The molecule has 100 valence electrons. The van der Waals surface area contributed by atoms with Gasteiger partial charge in [-0.25, -0.2) is 0 Å². The average molecular weight is 252 g/mol. The Bertz CT molecular complexity index is 405. The van der Waals surface area contributed by atoms with Gasteiger partial charge in [-0.2, -0.15) is 0 Å². The molecule has 1 aromatic rings. The summed E-state index contributed by atoms with van der Waals surface area (Å²) >= 11 is 0. The van der Waals surface area contributed by atoms with Crippen molar-refractivity contribution in [3.63, 3.8) is 0 Å². The van der Waals surface area contributed by atoms with Crippen LogP contribution in [0.1, 0.15) is 25.8 Å². The van der Waals surface area contributed by atoms with Crippen molar-refractivity contribution in [2.75, 3.05) is 13.2 Å². The average Bonchev–Trinajstić information content (AvgIpc) is 2.30. The summed E-state index contributed by atoms with van der Waals surface area (Å²) in [4.78, 5) is 10.4. The summed E-state index contributed by atoms with van der Waals surface area (Å²) in [5.41, 5.74) is 0.687. The summed E-state index contributed by atoms with van der Waals surface area (Å²) in [7, 11) is 0. The van der Waals surface area contributed by atoms with E-state index in [-0.39, 0.29) is 10.6 Å². The highest BCUT2D eigenvalue weighted by atomic mass is 16.6. The monoisotopic (exact) mass is 252 g/mol. The number of nitrogens with zero attached hydrogens (tertiary/aromatic N) is 1. The molecule has 0 aromatic heterocycles. The first kappa shape index (κ1) is 14.4. The number of hydrogen-bond acceptors (Lipinski definition) is 4. The summed E-state index contributed by atoms with van der Waals surface area (Å²) in [6, 6.07) is 5.36. The molecule has 1 aromatic carbocycles. The zero-order chi connectivity index (χ0) is 13.5. The van der Waals surface area contributed by atoms with Crippen molar-refractivity contribution in [2.45, 2.75) is 33.2 Å². The normalized spacial score (nSPS) is 10.7. The first-order valence-corrected chi connectivity index (χ1v) is 6.12. The van der Waals surface area contributed by atoms with Crippen LogP contribution >= 0.6 is 0 Å². The topological polar surface area (TPSA) is 64.4 Å². The number of nitro benzene ring substituents is 1. The van der Waals surface area contributed by atoms with Crippen LogP contribution < -0.4 is 10.1 Å². The van der Waals surface area contributed by atoms with Crippen LogP contribution in [0, 0.1) is 17.0 Å². The largest absolute Gasteiger partial charge is 0.493 e. The maximum Gasteiger partial charge on any atom is 0.276 e. The van der Waals surface area contributed by atoms with Crippen LogP contribution in [0.15, 0.2) is 18.2 Å². The van der Waals surface area contributed by atoms with Gasteiger partial charge in [-0.3, -0.25) is 10.1 Å². The van der Waals surface area contributed by atoms with E-state index >= 15 is 0 Å². The van der Waals surface area contributed by atoms with Gasteiger partial charge in [-0.15, -0.1) is 0 Å². The molecule has 0 fully saturated rings. The minimum atomic E-state index is -0.386. The smallest absolute Gasteiger partial charge is 0.276 e. The number of nitrogens with one attached hydrogen (secondary N) is 1. The molecule has 0 amide bonds. The molecule has 0 heterocycles. The van der Waals surface area contributed by atoms with Gasteiger partial charge in [-0.05, 0) is 26.0 Å². The molecule has 5 nitrogen and oxygen atoms in total. The Labute approximate surface area is 107 Å². The minimum absolute atomic E-state index is 0.104. The van der Waals surface area contributed by atoms with Crippen molar-refractivity contribution in [1.82, 2.24) is 5.32 Å². The molecule has 0 spiro atoms. The first-order chi connectivity index (χ1) is 8.52. The van der Waals surface area contributed by atoms with Crippen LogP contribution in [0.5, 0.6) is 5.75 Å². The van der Waals surface area contributed by atoms with Crippen molar-refractivity contribution in [1.29, 1.82) is 0 Å². The Kier molecular flexibility index (Phi) is 5.58. The fourth-order valence-electron chi connectivity index (χ4n) is 1.60. The molecule has 0 aliphatic heterocycles. The molecule has 0 saturated heterocycles. The maximum atomic E-state index is 10.8. The van der Waals surface area contributed by atoms with E-state index < -0.39 is 0 Å². The van der Waals surface area contributed by atoms with Crippen LogP contribution in [0.2, 0.25) is 0 Å². The quantitative estimate of drug-likeness (QED) is 0.460. The predicted molar refractivity (Wildman–Crippen MR) is 71.1 cm³/mol. The van der Waals surface area contributed by atoms with Gasteiger partial charge in [0.15, 0.2) is 0 Å². The fraction of sp³-hybridized carbons (Fsp3) is 0.538. The van der Waals surface area contributed by atoms with Crippen molar-refractivity contribution < 1.29 is 9.66 Å². The molecule has 0 aliphatic rings. The van der Waals surface area contributed by atoms with Gasteiger partial charge in [0.25, 0.3) is 5.69 Å². The second-order valence-corrected chi connectivity index (χ2v) is 4.47. The van der Waals surface area contributed by atoms with Gasteiger partial charge in [0.1, 0.15) is 5.75 Å². The van der Waals surface area contributed by atoms with E-state index in [9.17, 15) is 10.1 Å². The van der Waals surface area contributed by atoms with Crippen molar-refractivity contribution >= 4 is 5.69 Å². The molecule has 5 heteroatoms. The van der Waals surface area contributed by atoms with Crippen LogP contribution in [0.4, 0.5) is 5.69 Å².